The van der Waals surface area contributed by atoms with Crippen molar-refractivity contribution in [2.75, 3.05) is 6.54 Å². The third kappa shape index (κ3) is 3.03. The molecule has 6 nitrogen and oxygen atoms in total. The highest BCUT2D eigenvalue weighted by Gasteiger charge is 2.30. The van der Waals surface area contributed by atoms with Crippen LogP contribution in [-0.2, 0) is 19.4 Å². The summed E-state index contributed by atoms with van der Waals surface area (Å²) in [6.07, 6.45) is 7.91. The molecular weight excluding hydrogens is 352 g/mol. The van der Waals surface area contributed by atoms with Gasteiger partial charge in [0.1, 0.15) is 0 Å². The first-order valence-electron chi connectivity index (χ1n) is 10.2. The summed E-state index contributed by atoms with van der Waals surface area (Å²) in [5.41, 5.74) is 3.76. The average Bonchev–Trinajstić information content (AvgIpc) is 3.36. The van der Waals surface area contributed by atoms with E-state index in [2.05, 4.69) is 10.1 Å². The van der Waals surface area contributed by atoms with E-state index in [1.165, 1.54) is 0 Å². The number of benzene rings is 1. The third-order valence-electron chi connectivity index (χ3n) is 6.10. The first-order chi connectivity index (χ1) is 13.7. The molecule has 2 aliphatic rings. The molecule has 1 fully saturated rings. The molecule has 144 valence electrons. The molecule has 1 N–H and O–H groups in total. The van der Waals surface area contributed by atoms with Crippen molar-refractivity contribution in [3.8, 4) is 0 Å². The summed E-state index contributed by atoms with van der Waals surface area (Å²) in [6, 6.07) is 9.53. The fourth-order valence-electron chi connectivity index (χ4n) is 4.57. The number of amides is 1. The van der Waals surface area contributed by atoms with E-state index in [4.69, 9.17) is 0 Å². The number of H-pyrrole nitrogens is 1. The van der Waals surface area contributed by atoms with Crippen molar-refractivity contribution in [3.63, 3.8) is 0 Å². The van der Waals surface area contributed by atoms with Gasteiger partial charge in [-0.1, -0.05) is 6.07 Å². The minimum Gasteiger partial charge on any atom is -0.361 e. The smallest absolute Gasteiger partial charge is 0.267 e. The Hall–Kier alpha value is -2.89. The van der Waals surface area contributed by atoms with Gasteiger partial charge in [-0.3, -0.25) is 9.59 Å². The molecule has 1 unspecified atom stereocenters. The number of nitrogens with one attached hydrogen (secondary N) is 1. The van der Waals surface area contributed by atoms with Crippen molar-refractivity contribution < 1.29 is 4.79 Å². The number of hydrogen-bond donors (Lipinski definition) is 1. The first-order valence-corrected chi connectivity index (χ1v) is 10.2. The van der Waals surface area contributed by atoms with E-state index in [0.29, 0.717) is 12.1 Å². The van der Waals surface area contributed by atoms with Crippen molar-refractivity contribution in [2.24, 2.45) is 0 Å². The van der Waals surface area contributed by atoms with Crippen LogP contribution in [0.5, 0.6) is 0 Å². The van der Waals surface area contributed by atoms with Crippen LogP contribution in [0.3, 0.4) is 0 Å². The molecule has 0 saturated carbocycles. The fraction of sp³-hybridized carbons (Fsp3) is 0.409. The van der Waals surface area contributed by atoms with Crippen LogP contribution in [0, 0.1) is 0 Å². The number of aryl methyl sites for hydroxylation is 2. The molecule has 0 bridgehead atoms. The Morgan fingerprint density at radius 3 is 2.96 bits per heavy atom. The molecule has 0 spiro atoms. The van der Waals surface area contributed by atoms with Crippen LogP contribution < -0.4 is 5.56 Å². The summed E-state index contributed by atoms with van der Waals surface area (Å²) in [5.74, 6) is 0.0324. The predicted molar refractivity (Wildman–Crippen MR) is 107 cm³/mol. The summed E-state index contributed by atoms with van der Waals surface area (Å²) < 4.78 is 1.58. The summed E-state index contributed by atoms with van der Waals surface area (Å²) in [6.45, 7) is 1.20. The number of carbonyl (C=O) groups is 1. The number of rotatable bonds is 3. The summed E-state index contributed by atoms with van der Waals surface area (Å²) in [5, 5.41) is 5.73. The Morgan fingerprint density at radius 2 is 2.04 bits per heavy atom. The van der Waals surface area contributed by atoms with E-state index in [1.807, 2.05) is 35.4 Å². The van der Waals surface area contributed by atoms with Crippen LogP contribution in [0.15, 0.2) is 41.3 Å². The van der Waals surface area contributed by atoms with Gasteiger partial charge in [0.2, 0.25) is 0 Å². The van der Waals surface area contributed by atoms with Crippen LogP contribution in [0.1, 0.15) is 47.3 Å². The van der Waals surface area contributed by atoms with Gasteiger partial charge in [-0.2, -0.15) is 5.10 Å². The second-order valence-electron chi connectivity index (χ2n) is 7.92. The van der Waals surface area contributed by atoms with Gasteiger partial charge in [-0.25, -0.2) is 4.68 Å². The maximum Gasteiger partial charge on any atom is 0.267 e. The van der Waals surface area contributed by atoms with Gasteiger partial charge in [0.15, 0.2) is 0 Å². The second kappa shape index (κ2) is 6.93. The highest BCUT2D eigenvalue weighted by atomic mass is 16.2. The lowest BCUT2D eigenvalue weighted by Crippen LogP contribution is -2.41. The topological polar surface area (TPSA) is 71.0 Å². The van der Waals surface area contributed by atoms with Gasteiger partial charge in [0, 0.05) is 29.9 Å². The second-order valence-corrected chi connectivity index (χ2v) is 7.92. The molecule has 1 saturated heterocycles. The fourth-order valence-corrected chi connectivity index (χ4v) is 4.57. The molecule has 2 aromatic heterocycles. The maximum atomic E-state index is 13.1. The van der Waals surface area contributed by atoms with Gasteiger partial charge in [-0.05, 0) is 67.7 Å². The Balaban J connectivity index is 1.39. The Bertz CT molecular complexity index is 1100. The van der Waals surface area contributed by atoms with Gasteiger partial charge in [-0.15, -0.1) is 0 Å². The zero-order chi connectivity index (χ0) is 19.1. The molecule has 28 heavy (non-hydrogen) atoms. The number of aromatic nitrogens is 3. The predicted octanol–water partition coefficient (Wildman–Crippen LogP) is 2.91. The number of hydrogen-bond acceptors (Lipinski definition) is 3. The number of carbonyl (C=O) groups excluding carboxylic acids is 1. The van der Waals surface area contributed by atoms with Crippen molar-refractivity contribution in [1.82, 2.24) is 19.7 Å². The number of fused-ring (bicyclic) bond motifs is 2. The average molecular weight is 376 g/mol. The lowest BCUT2D eigenvalue weighted by Gasteiger charge is -2.25. The van der Waals surface area contributed by atoms with Crippen LogP contribution in [0.2, 0.25) is 0 Å². The molecule has 3 aromatic rings. The van der Waals surface area contributed by atoms with Crippen molar-refractivity contribution in [3.05, 3.63) is 63.7 Å². The molecule has 5 rings (SSSR count). The molecule has 3 heterocycles. The Kier molecular flexibility index (Phi) is 4.26. The quantitative estimate of drug-likeness (QED) is 0.764. The van der Waals surface area contributed by atoms with E-state index in [0.717, 1.165) is 67.2 Å². The van der Waals surface area contributed by atoms with E-state index >= 15 is 0 Å². The van der Waals surface area contributed by atoms with Crippen LogP contribution in [-0.4, -0.2) is 38.2 Å². The molecule has 1 atom stereocenters. The Labute approximate surface area is 163 Å². The third-order valence-corrected chi connectivity index (χ3v) is 6.10. The van der Waals surface area contributed by atoms with Gasteiger partial charge >= 0.3 is 0 Å². The number of aromatic amines is 1. The first kappa shape index (κ1) is 17.2. The van der Waals surface area contributed by atoms with Crippen LogP contribution >= 0.6 is 0 Å². The van der Waals surface area contributed by atoms with Crippen molar-refractivity contribution >= 4 is 16.8 Å². The molecule has 1 aliphatic carbocycles. The van der Waals surface area contributed by atoms with E-state index in [-0.39, 0.29) is 17.5 Å². The monoisotopic (exact) mass is 376 g/mol. The lowest BCUT2D eigenvalue weighted by molar-refractivity contribution is 0.0720. The lowest BCUT2D eigenvalue weighted by atomic mass is 9.97. The zero-order valence-electron chi connectivity index (χ0n) is 15.9. The minimum absolute atomic E-state index is 0.0127. The van der Waals surface area contributed by atoms with Gasteiger partial charge in [0.05, 0.1) is 18.3 Å². The van der Waals surface area contributed by atoms with Crippen molar-refractivity contribution in [2.45, 2.75) is 51.1 Å². The van der Waals surface area contributed by atoms with Gasteiger partial charge in [0.25, 0.3) is 11.5 Å². The summed E-state index contributed by atoms with van der Waals surface area (Å²) in [4.78, 5) is 30.8. The molecule has 1 aromatic carbocycles. The van der Waals surface area contributed by atoms with E-state index in [9.17, 15) is 9.59 Å². The molecule has 1 aliphatic heterocycles. The molecule has 0 radical (unpaired) electrons. The summed E-state index contributed by atoms with van der Waals surface area (Å²) >= 11 is 0. The van der Waals surface area contributed by atoms with Crippen LogP contribution in [0.4, 0.5) is 0 Å². The highest BCUT2D eigenvalue weighted by molar-refractivity contribution is 5.98. The van der Waals surface area contributed by atoms with Gasteiger partial charge < -0.3 is 9.88 Å². The molecule has 6 heteroatoms. The SMILES string of the molecule is O=C(c1ccc2cc[nH]c2c1)N1CCCC1Cn1nc2c(cc1=O)CCCC2. The largest absolute Gasteiger partial charge is 0.361 e. The Morgan fingerprint density at radius 1 is 1.14 bits per heavy atom. The normalized spacial score (nSPS) is 19.1. The summed E-state index contributed by atoms with van der Waals surface area (Å²) in [7, 11) is 0. The highest BCUT2D eigenvalue weighted by Crippen LogP contribution is 2.23. The van der Waals surface area contributed by atoms with Crippen LogP contribution in [0.25, 0.3) is 10.9 Å². The van der Waals surface area contributed by atoms with E-state index < -0.39 is 0 Å². The molecular formula is C22H24N4O2. The standard InChI is InChI=1S/C22H24N4O2/c27-21-13-16-4-1-2-6-19(16)24-26(21)14-18-5-3-11-25(18)22(28)17-8-7-15-9-10-23-20(15)12-17/h7-10,12-13,18,23H,1-6,11,14H2. The zero-order valence-corrected chi connectivity index (χ0v) is 15.9. The molecule has 1 amide bonds. The van der Waals surface area contributed by atoms with E-state index in [1.54, 1.807) is 10.7 Å². The number of nitrogens with zero attached hydrogens (tertiary/aromatic N) is 3. The number of likely N-dealkylation sites (tertiary alicyclic amines) is 1. The maximum absolute atomic E-state index is 13.1. The minimum atomic E-state index is -0.0484. The van der Waals surface area contributed by atoms with Crippen molar-refractivity contribution in [1.29, 1.82) is 0 Å².